The average molecular weight is 418 g/mol. The molecule has 0 saturated heterocycles. The minimum Gasteiger partial charge on any atom is -0.508 e. The molecule has 0 amide bonds. The van der Waals surface area contributed by atoms with E-state index in [1.54, 1.807) is 12.1 Å². The van der Waals surface area contributed by atoms with E-state index < -0.39 is 21.7 Å². The summed E-state index contributed by atoms with van der Waals surface area (Å²) in [6.45, 7) is 0. The van der Waals surface area contributed by atoms with Gasteiger partial charge in [-0.2, -0.15) is 0 Å². The van der Waals surface area contributed by atoms with Crippen LogP contribution in [0.1, 0.15) is 27.6 Å². The zero-order valence-electron chi connectivity index (χ0n) is 15.8. The Balaban J connectivity index is 1.88. The van der Waals surface area contributed by atoms with Gasteiger partial charge in [-0.3, -0.25) is 25.0 Å². The summed E-state index contributed by atoms with van der Waals surface area (Å²) < 4.78 is 5.98. The van der Waals surface area contributed by atoms with Crippen LogP contribution in [-0.4, -0.2) is 20.7 Å². The van der Waals surface area contributed by atoms with Crippen molar-refractivity contribution in [2.75, 3.05) is 0 Å². The number of nitro benzene ring substituents is 2. The number of nitrogens with zero attached hydrogens (tertiary/aromatic N) is 2. The Morgan fingerprint density at radius 2 is 1.58 bits per heavy atom. The Labute approximate surface area is 175 Å². The number of phenols is 1. The van der Waals surface area contributed by atoms with Gasteiger partial charge in [-0.1, -0.05) is 24.3 Å². The van der Waals surface area contributed by atoms with E-state index in [1.165, 1.54) is 60.7 Å². The fraction of sp³-hybridized carbons (Fsp3) is 0.0455. The number of rotatable bonds is 4. The van der Waals surface area contributed by atoms with E-state index in [2.05, 4.69) is 0 Å². The molecule has 0 spiro atoms. The zero-order valence-corrected chi connectivity index (χ0v) is 15.8. The van der Waals surface area contributed by atoms with Crippen molar-refractivity contribution in [3.05, 3.63) is 109 Å². The lowest BCUT2D eigenvalue weighted by Gasteiger charge is -2.28. The maximum atomic E-state index is 13.3. The monoisotopic (exact) mass is 418 g/mol. The van der Waals surface area contributed by atoms with Crippen LogP contribution in [0.25, 0.3) is 6.08 Å². The molecule has 0 bridgehead atoms. The first-order valence-electron chi connectivity index (χ1n) is 9.08. The van der Waals surface area contributed by atoms with Crippen LogP contribution in [0.15, 0.2) is 72.3 Å². The van der Waals surface area contributed by atoms with Crippen molar-refractivity contribution < 1.29 is 24.5 Å². The number of carbonyl (C=O) groups is 1. The average Bonchev–Trinajstić information content (AvgIpc) is 2.76. The minimum atomic E-state index is -0.983. The second-order valence-corrected chi connectivity index (χ2v) is 6.81. The van der Waals surface area contributed by atoms with Crippen molar-refractivity contribution in [1.29, 1.82) is 0 Å². The van der Waals surface area contributed by atoms with E-state index in [4.69, 9.17) is 4.74 Å². The van der Waals surface area contributed by atoms with E-state index >= 15 is 0 Å². The second-order valence-electron chi connectivity index (χ2n) is 6.81. The van der Waals surface area contributed by atoms with Crippen LogP contribution in [0.4, 0.5) is 11.4 Å². The molecule has 0 saturated carbocycles. The summed E-state index contributed by atoms with van der Waals surface area (Å²) in [5.41, 5.74) is 0.693. The van der Waals surface area contributed by atoms with Crippen LogP contribution in [-0.2, 0) is 0 Å². The molecule has 0 aromatic heterocycles. The number of fused-ring (bicyclic) bond motifs is 1. The number of Topliss-reactive ketones (excluding diaryl/α,β-unsaturated/α-hetero) is 1. The topological polar surface area (TPSA) is 133 Å². The number of hydrogen-bond acceptors (Lipinski definition) is 7. The highest BCUT2D eigenvalue weighted by molar-refractivity contribution is 6.15. The smallest absolute Gasteiger partial charge is 0.270 e. The molecule has 0 fully saturated rings. The lowest BCUT2D eigenvalue weighted by atomic mass is 9.89. The molecule has 3 aromatic rings. The van der Waals surface area contributed by atoms with Crippen molar-refractivity contribution in [3.63, 3.8) is 0 Å². The highest BCUT2D eigenvalue weighted by Crippen LogP contribution is 2.41. The largest absolute Gasteiger partial charge is 0.508 e. The number of phenolic OH excluding ortho intramolecular Hbond substituents is 1. The van der Waals surface area contributed by atoms with E-state index in [9.17, 15) is 30.1 Å². The summed E-state index contributed by atoms with van der Waals surface area (Å²) in [4.78, 5) is 34.5. The van der Waals surface area contributed by atoms with Crippen molar-refractivity contribution in [1.82, 2.24) is 0 Å². The van der Waals surface area contributed by atoms with Gasteiger partial charge in [0, 0.05) is 35.4 Å². The summed E-state index contributed by atoms with van der Waals surface area (Å²) in [5.74, 6) is -0.366. The molecule has 1 aliphatic rings. The van der Waals surface area contributed by atoms with Gasteiger partial charge in [0.2, 0.25) is 0 Å². The minimum absolute atomic E-state index is 0.123. The summed E-state index contributed by atoms with van der Waals surface area (Å²) in [6, 6.07) is 15.5. The number of ether oxygens (including phenoxy) is 1. The molecule has 1 unspecified atom stereocenters. The molecule has 0 aliphatic carbocycles. The summed E-state index contributed by atoms with van der Waals surface area (Å²) in [6.07, 6.45) is 0.468. The molecule has 9 nitrogen and oxygen atoms in total. The first kappa shape index (κ1) is 19.8. The van der Waals surface area contributed by atoms with Gasteiger partial charge in [0.25, 0.3) is 11.4 Å². The molecule has 0 radical (unpaired) electrons. The van der Waals surface area contributed by atoms with Crippen molar-refractivity contribution in [3.8, 4) is 11.5 Å². The highest BCUT2D eigenvalue weighted by atomic mass is 16.6. The number of nitro groups is 2. The molecule has 154 valence electrons. The van der Waals surface area contributed by atoms with Gasteiger partial charge >= 0.3 is 0 Å². The third-order valence-electron chi connectivity index (χ3n) is 4.78. The third kappa shape index (κ3) is 3.84. The predicted molar refractivity (Wildman–Crippen MR) is 110 cm³/mol. The van der Waals surface area contributed by atoms with Crippen LogP contribution in [0, 0.1) is 20.2 Å². The summed E-state index contributed by atoms with van der Waals surface area (Å²) >= 11 is 0. The molecule has 1 atom stereocenters. The number of benzene rings is 3. The van der Waals surface area contributed by atoms with Gasteiger partial charge in [0.15, 0.2) is 11.9 Å². The van der Waals surface area contributed by atoms with Crippen LogP contribution < -0.4 is 4.74 Å². The molecule has 1 aliphatic heterocycles. The summed E-state index contributed by atoms with van der Waals surface area (Å²) in [5, 5.41) is 32.1. The third-order valence-corrected chi connectivity index (χ3v) is 4.78. The number of hydrogen-bond donors (Lipinski definition) is 1. The first-order valence-corrected chi connectivity index (χ1v) is 9.08. The lowest BCUT2D eigenvalue weighted by molar-refractivity contribution is -0.385. The SMILES string of the molecule is O=C1C(=Cc2cccc([N+](=O)[O-])c2)C(c2cccc([N+](=O)[O-])c2)Oc2ccc(O)cc21. The van der Waals surface area contributed by atoms with Crippen molar-refractivity contribution in [2.45, 2.75) is 6.10 Å². The molecular formula is C22H14N2O7. The molecule has 9 heteroatoms. The molecule has 31 heavy (non-hydrogen) atoms. The molecular weight excluding hydrogens is 404 g/mol. The molecule has 3 aromatic carbocycles. The standard InChI is InChI=1S/C22H14N2O7/c25-17-7-8-20-18(12-17)21(26)19(10-13-3-1-5-15(9-13)23(27)28)22(31-20)14-4-2-6-16(11-14)24(29)30/h1-12,22,25H. The Bertz CT molecular complexity index is 1270. The van der Waals surface area contributed by atoms with Gasteiger partial charge < -0.3 is 9.84 Å². The fourth-order valence-electron chi connectivity index (χ4n) is 3.36. The van der Waals surface area contributed by atoms with Gasteiger partial charge in [-0.25, -0.2) is 0 Å². The van der Waals surface area contributed by atoms with E-state index in [0.29, 0.717) is 11.1 Å². The van der Waals surface area contributed by atoms with E-state index in [0.717, 1.165) is 0 Å². The van der Waals surface area contributed by atoms with Crippen LogP contribution in [0.5, 0.6) is 11.5 Å². The van der Waals surface area contributed by atoms with Gasteiger partial charge in [0.1, 0.15) is 11.5 Å². The van der Waals surface area contributed by atoms with E-state index in [1.807, 2.05) is 0 Å². The molecule has 1 N–H and O–H groups in total. The number of ketones is 1. The fourth-order valence-corrected chi connectivity index (χ4v) is 3.36. The maximum absolute atomic E-state index is 13.3. The highest BCUT2D eigenvalue weighted by Gasteiger charge is 2.34. The van der Waals surface area contributed by atoms with Gasteiger partial charge in [0.05, 0.1) is 15.4 Å². The normalized spacial score (nSPS) is 16.5. The quantitative estimate of drug-likeness (QED) is 0.372. The Kier molecular flexibility index (Phi) is 4.92. The molecule has 4 rings (SSSR count). The van der Waals surface area contributed by atoms with Crippen molar-refractivity contribution >= 4 is 23.2 Å². The second kappa shape index (κ2) is 7.71. The Morgan fingerprint density at radius 1 is 0.903 bits per heavy atom. The number of non-ortho nitro benzene ring substituents is 2. The Hall–Kier alpha value is -4.53. The van der Waals surface area contributed by atoms with Crippen LogP contribution >= 0.6 is 0 Å². The van der Waals surface area contributed by atoms with Gasteiger partial charge in [-0.05, 0) is 29.8 Å². The Morgan fingerprint density at radius 3 is 2.29 bits per heavy atom. The van der Waals surface area contributed by atoms with Crippen molar-refractivity contribution in [2.24, 2.45) is 0 Å². The lowest BCUT2D eigenvalue weighted by Crippen LogP contribution is -2.23. The molecule has 1 heterocycles. The predicted octanol–water partition coefficient (Wildman–Crippen LogP) is 4.61. The zero-order chi connectivity index (χ0) is 22.1. The van der Waals surface area contributed by atoms with E-state index in [-0.39, 0.29) is 34.0 Å². The van der Waals surface area contributed by atoms with Gasteiger partial charge in [-0.15, -0.1) is 0 Å². The first-order chi connectivity index (χ1) is 14.8. The summed E-state index contributed by atoms with van der Waals surface area (Å²) in [7, 11) is 0. The number of aromatic hydroxyl groups is 1. The maximum Gasteiger partial charge on any atom is 0.270 e. The van der Waals surface area contributed by atoms with Crippen LogP contribution in [0.3, 0.4) is 0 Å². The number of carbonyl (C=O) groups excluding carboxylic acids is 1. The van der Waals surface area contributed by atoms with Crippen LogP contribution in [0.2, 0.25) is 0 Å².